The number of aliphatic hydroxyl groups is 1. The summed E-state index contributed by atoms with van der Waals surface area (Å²) in [6, 6.07) is 0. The minimum absolute atomic E-state index is 0.625. The van der Waals surface area contributed by atoms with Crippen molar-refractivity contribution in [2.45, 2.75) is 58.4 Å². The van der Waals surface area contributed by atoms with E-state index in [4.69, 9.17) is 23.7 Å². The van der Waals surface area contributed by atoms with Crippen molar-refractivity contribution in [3.05, 3.63) is 0 Å². The van der Waals surface area contributed by atoms with Crippen molar-refractivity contribution >= 4 is 23.9 Å². The average Bonchev–Trinajstić information content (AvgIpc) is 2.42. The fourth-order valence-electron chi connectivity index (χ4n) is 2.26. The highest BCUT2D eigenvalue weighted by Gasteiger charge is 2.53. The van der Waals surface area contributed by atoms with E-state index in [2.05, 4.69) is 0 Å². The summed E-state index contributed by atoms with van der Waals surface area (Å²) >= 11 is 0. The lowest BCUT2D eigenvalue weighted by Crippen LogP contribution is -2.62. The van der Waals surface area contributed by atoms with Crippen molar-refractivity contribution in [2.24, 2.45) is 0 Å². The summed E-state index contributed by atoms with van der Waals surface area (Å²) in [5.74, 6) is -3.00. The summed E-state index contributed by atoms with van der Waals surface area (Å²) in [5.41, 5.74) is 0. The molecule has 0 aromatic carbocycles. The molecule has 0 aromatic heterocycles. The lowest BCUT2D eigenvalue weighted by atomic mass is 9.98. The highest BCUT2D eigenvalue weighted by molar-refractivity contribution is 5.69. The zero-order valence-electron chi connectivity index (χ0n) is 13.7. The Morgan fingerprint density at radius 1 is 0.750 bits per heavy atom. The number of hydrogen-bond donors (Lipinski definition) is 1. The molecule has 10 heteroatoms. The van der Waals surface area contributed by atoms with Gasteiger partial charge in [0.1, 0.15) is 6.10 Å². The van der Waals surface area contributed by atoms with Gasteiger partial charge in [0, 0.05) is 27.7 Å². The fourth-order valence-corrected chi connectivity index (χ4v) is 2.26. The molecule has 0 bridgehead atoms. The molecule has 1 aliphatic rings. The van der Waals surface area contributed by atoms with Crippen LogP contribution in [0.25, 0.3) is 0 Å². The van der Waals surface area contributed by atoms with Gasteiger partial charge in [-0.15, -0.1) is 0 Å². The van der Waals surface area contributed by atoms with Gasteiger partial charge < -0.3 is 28.8 Å². The van der Waals surface area contributed by atoms with Gasteiger partial charge in [0.15, 0.2) is 12.2 Å². The fraction of sp³-hybridized carbons (Fsp3) is 0.714. The molecule has 1 rings (SSSR count). The summed E-state index contributed by atoms with van der Waals surface area (Å²) in [4.78, 5) is 45.3. The number of aliphatic hydroxyl groups excluding tert-OH is 1. The van der Waals surface area contributed by atoms with Crippen LogP contribution >= 0.6 is 0 Å². The van der Waals surface area contributed by atoms with Crippen molar-refractivity contribution in [2.75, 3.05) is 6.61 Å². The predicted molar refractivity (Wildman–Crippen MR) is 74.2 cm³/mol. The molecule has 0 spiro atoms. The number of hydrogen-bond acceptors (Lipinski definition) is 10. The highest BCUT2D eigenvalue weighted by atomic mass is 16.7. The Morgan fingerprint density at radius 3 is 1.58 bits per heavy atom. The van der Waals surface area contributed by atoms with Gasteiger partial charge in [-0.25, -0.2) is 0 Å². The molecule has 0 saturated carbocycles. The number of esters is 4. The van der Waals surface area contributed by atoms with Crippen molar-refractivity contribution in [3.63, 3.8) is 0 Å². The van der Waals surface area contributed by atoms with E-state index >= 15 is 0 Å². The summed E-state index contributed by atoms with van der Waals surface area (Å²) < 4.78 is 25.4. The van der Waals surface area contributed by atoms with E-state index in [0.717, 1.165) is 27.7 Å². The van der Waals surface area contributed by atoms with E-state index < -0.39 is 61.2 Å². The molecule has 1 aliphatic heterocycles. The molecule has 0 amide bonds. The molecular weight excluding hydrogens is 328 g/mol. The van der Waals surface area contributed by atoms with Crippen molar-refractivity contribution in [1.82, 2.24) is 0 Å². The number of ether oxygens (including phenoxy) is 5. The minimum Gasteiger partial charge on any atom is -0.456 e. The Hall–Kier alpha value is -2.20. The van der Waals surface area contributed by atoms with Gasteiger partial charge in [-0.05, 0) is 0 Å². The summed E-state index contributed by atoms with van der Waals surface area (Å²) in [5, 5.41) is 9.44. The first-order valence-corrected chi connectivity index (χ1v) is 7.11. The van der Waals surface area contributed by atoms with E-state index in [1.807, 2.05) is 0 Å². The molecule has 0 aromatic rings. The van der Waals surface area contributed by atoms with E-state index in [1.54, 1.807) is 0 Å². The van der Waals surface area contributed by atoms with Crippen LogP contribution in [-0.4, -0.2) is 66.3 Å². The van der Waals surface area contributed by atoms with Gasteiger partial charge >= 0.3 is 23.9 Å². The van der Waals surface area contributed by atoms with Crippen LogP contribution in [0.1, 0.15) is 27.7 Å². The van der Waals surface area contributed by atoms with Crippen LogP contribution in [0.5, 0.6) is 0 Å². The van der Waals surface area contributed by atoms with Crippen LogP contribution in [0.4, 0.5) is 0 Å². The largest absolute Gasteiger partial charge is 0.456 e. The van der Waals surface area contributed by atoms with Gasteiger partial charge in [0.05, 0.1) is 6.61 Å². The Kier molecular flexibility index (Phi) is 7.11. The standard InChI is InChI=1S/C14H20O10/c1-6(16)20-11-10(5-15)24-14(23-9(4)19)13(22-8(3)18)12(11)21-7(2)17/h10-15H,5H2,1-4H3/t10-,11-,12+,13+,14?/m0/s1. The summed E-state index contributed by atoms with van der Waals surface area (Å²) in [6.45, 7) is 3.77. The number of carbonyl (C=O) groups is 4. The molecule has 1 unspecified atom stereocenters. The van der Waals surface area contributed by atoms with Crippen molar-refractivity contribution in [3.8, 4) is 0 Å². The molecule has 5 atom stereocenters. The second kappa shape index (κ2) is 8.60. The summed E-state index contributed by atoms with van der Waals surface area (Å²) in [6.07, 6.45) is -6.56. The maximum Gasteiger partial charge on any atom is 0.305 e. The predicted octanol–water partition coefficient (Wildman–Crippen LogP) is -0.938. The van der Waals surface area contributed by atoms with Crippen LogP contribution in [-0.2, 0) is 42.9 Å². The molecule has 136 valence electrons. The first-order valence-electron chi connectivity index (χ1n) is 7.11. The quantitative estimate of drug-likeness (QED) is 0.490. The smallest absolute Gasteiger partial charge is 0.305 e. The van der Waals surface area contributed by atoms with Crippen LogP contribution in [0.3, 0.4) is 0 Å². The van der Waals surface area contributed by atoms with Crippen LogP contribution in [0, 0.1) is 0 Å². The first-order chi connectivity index (χ1) is 11.1. The second-order valence-corrected chi connectivity index (χ2v) is 5.06. The molecule has 0 aliphatic carbocycles. The minimum atomic E-state index is -1.44. The monoisotopic (exact) mass is 348 g/mol. The first kappa shape index (κ1) is 19.8. The number of carbonyl (C=O) groups excluding carboxylic acids is 4. The molecule has 24 heavy (non-hydrogen) atoms. The van der Waals surface area contributed by atoms with Gasteiger partial charge in [0.25, 0.3) is 0 Å². The van der Waals surface area contributed by atoms with E-state index in [9.17, 15) is 24.3 Å². The maximum absolute atomic E-state index is 11.4. The third-order valence-electron chi connectivity index (χ3n) is 2.96. The zero-order valence-corrected chi connectivity index (χ0v) is 13.7. The van der Waals surface area contributed by atoms with Gasteiger partial charge in [-0.2, -0.15) is 0 Å². The SMILES string of the molecule is CC(=O)OC1O[C@@H](CO)[C@H](OC(C)=O)[C@@H](OC(C)=O)[C@H]1OC(C)=O. The maximum atomic E-state index is 11.4. The van der Waals surface area contributed by atoms with Crippen LogP contribution in [0.2, 0.25) is 0 Å². The molecule has 1 heterocycles. The van der Waals surface area contributed by atoms with Crippen LogP contribution in [0.15, 0.2) is 0 Å². The second-order valence-electron chi connectivity index (χ2n) is 5.06. The molecule has 1 saturated heterocycles. The summed E-state index contributed by atoms with van der Waals surface area (Å²) in [7, 11) is 0. The molecule has 0 radical (unpaired) electrons. The van der Waals surface area contributed by atoms with E-state index in [1.165, 1.54) is 0 Å². The molecule has 1 fully saturated rings. The number of rotatable bonds is 5. The molecule has 10 nitrogen and oxygen atoms in total. The lowest BCUT2D eigenvalue weighted by molar-refractivity contribution is -0.299. The van der Waals surface area contributed by atoms with Crippen molar-refractivity contribution < 1.29 is 48.0 Å². The van der Waals surface area contributed by atoms with Crippen LogP contribution < -0.4 is 0 Å². The van der Waals surface area contributed by atoms with E-state index in [-0.39, 0.29) is 0 Å². The highest BCUT2D eigenvalue weighted by Crippen LogP contribution is 2.29. The average molecular weight is 348 g/mol. The normalized spacial score (nSPS) is 29.3. The van der Waals surface area contributed by atoms with E-state index in [0.29, 0.717) is 0 Å². The Balaban J connectivity index is 3.23. The third-order valence-corrected chi connectivity index (χ3v) is 2.96. The van der Waals surface area contributed by atoms with Gasteiger partial charge in [0.2, 0.25) is 12.4 Å². The Labute approximate surface area is 137 Å². The topological polar surface area (TPSA) is 135 Å². The molecule has 1 N–H and O–H groups in total. The Bertz CT molecular complexity index is 502. The van der Waals surface area contributed by atoms with Crippen molar-refractivity contribution in [1.29, 1.82) is 0 Å². The van der Waals surface area contributed by atoms with Gasteiger partial charge in [-0.3, -0.25) is 19.2 Å². The van der Waals surface area contributed by atoms with Gasteiger partial charge in [-0.1, -0.05) is 0 Å². The lowest BCUT2D eigenvalue weighted by Gasteiger charge is -2.43. The third kappa shape index (κ3) is 5.46. The Morgan fingerprint density at radius 2 is 1.17 bits per heavy atom. The zero-order chi connectivity index (χ0) is 18.4. The molecular formula is C14H20O10.